The number of ether oxygens (including phenoxy) is 5. The van der Waals surface area contributed by atoms with E-state index in [4.69, 9.17) is 23.7 Å². The normalized spacial score (nSPS) is 21.7. The molecule has 3 aromatic rings. The zero-order chi connectivity index (χ0) is 26.8. The maximum atomic E-state index is 12.7. The van der Waals surface area contributed by atoms with Crippen LogP contribution in [0.5, 0.6) is 17.2 Å². The smallest absolute Gasteiger partial charge is 0.251 e. The molecule has 3 aliphatic rings. The number of aromatic nitrogens is 3. The number of nitrogens with zero attached hydrogens (tertiary/aromatic N) is 5. The van der Waals surface area contributed by atoms with Crippen LogP contribution >= 0.6 is 0 Å². The summed E-state index contributed by atoms with van der Waals surface area (Å²) in [5.41, 5.74) is 2.49. The molecule has 0 aromatic carbocycles. The van der Waals surface area contributed by atoms with Crippen LogP contribution < -0.4 is 19.8 Å². The number of piperidine rings is 1. The third kappa shape index (κ3) is 5.86. The van der Waals surface area contributed by atoms with Crippen molar-refractivity contribution in [2.75, 3.05) is 46.5 Å². The highest BCUT2D eigenvalue weighted by Crippen LogP contribution is 2.31. The highest BCUT2D eigenvalue weighted by molar-refractivity contribution is 5.75. The van der Waals surface area contributed by atoms with Gasteiger partial charge >= 0.3 is 0 Å². The monoisotopic (exact) mass is 537 g/mol. The van der Waals surface area contributed by atoms with Gasteiger partial charge in [0.25, 0.3) is 5.56 Å². The molecule has 0 aliphatic carbocycles. The first-order valence-corrected chi connectivity index (χ1v) is 13.6. The van der Waals surface area contributed by atoms with Crippen molar-refractivity contribution in [1.29, 1.82) is 0 Å². The minimum absolute atomic E-state index is 0.0275. The summed E-state index contributed by atoms with van der Waals surface area (Å²) >= 11 is 0. The average molecular weight is 538 g/mol. The van der Waals surface area contributed by atoms with Gasteiger partial charge in [-0.25, -0.2) is 0 Å². The maximum Gasteiger partial charge on any atom is 0.251 e. The molecule has 0 radical (unpaired) electrons. The predicted octanol–water partition coefficient (Wildman–Crippen LogP) is 2.26. The van der Waals surface area contributed by atoms with Crippen LogP contribution in [0.4, 0.5) is 0 Å². The fraction of sp³-hybridized carbons (Fsp3) is 0.536. The molecular weight excluding hydrogens is 502 g/mol. The van der Waals surface area contributed by atoms with Gasteiger partial charge in [-0.2, -0.15) is 0 Å². The SMILES string of the molecule is COc1cnc2ccc(=O)n(CCN3CCC(N(Cc4cc5c(cn4)OCCO5)CC4OC(C)O4)CC3)c2c1. The standard InChI is InChI=1S/C28H35N5O6/c1-19-38-28(39-19)18-32(17-20-13-25-26(16-29-20)37-12-11-36-25)21-5-7-31(8-6-21)9-10-33-24-14-22(35-2)15-30-23(24)3-4-27(33)34/h3-4,13-16,19,21,28H,5-12,17-18H2,1-2H3. The van der Waals surface area contributed by atoms with Crippen molar-refractivity contribution in [1.82, 2.24) is 24.3 Å². The summed E-state index contributed by atoms with van der Waals surface area (Å²) in [5, 5.41) is 0. The molecular formula is C28H35N5O6. The second-order valence-electron chi connectivity index (χ2n) is 10.2. The molecule has 0 unspecified atom stereocenters. The molecule has 3 aliphatic heterocycles. The second-order valence-corrected chi connectivity index (χ2v) is 10.2. The topological polar surface area (TPSA) is 100 Å². The van der Waals surface area contributed by atoms with Gasteiger partial charge < -0.3 is 33.2 Å². The van der Waals surface area contributed by atoms with Crippen LogP contribution in [-0.4, -0.2) is 89.5 Å². The molecule has 39 heavy (non-hydrogen) atoms. The van der Waals surface area contributed by atoms with Crippen LogP contribution in [0.25, 0.3) is 11.0 Å². The van der Waals surface area contributed by atoms with Crippen LogP contribution in [0.1, 0.15) is 25.5 Å². The average Bonchev–Trinajstić information content (AvgIpc) is 2.95. The summed E-state index contributed by atoms with van der Waals surface area (Å²) in [4.78, 5) is 26.6. The molecule has 11 nitrogen and oxygen atoms in total. The Labute approximate surface area is 227 Å². The van der Waals surface area contributed by atoms with Crippen molar-refractivity contribution in [3.05, 3.63) is 52.7 Å². The van der Waals surface area contributed by atoms with Gasteiger partial charge in [0.05, 0.1) is 42.8 Å². The van der Waals surface area contributed by atoms with Gasteiger partial charge in [-0.1, -0.05) is 0 Å². The summed E-state index contributed by atoms with van der Waals surface area (Å²) in [6.07, 6.45) is 5.06. The third-order valence-corrected chi connectivity index (χ3v) is 7.68. The zero-order valence-electron chi connectivity index (χ0n) is 22.5. The van der Waals surface area contributed by atoms with Crippen LogP contribution in [0.15, 0.2) is 41.5 Å². The van der Waals surface area contributed by atoms with Crippen LogP contribution in [0.3, 0.4) is 0 Å². The van der Waals surface area contributed by atoms with E-state index in [9.17, 15) is 4.79 Å². The molecule has 2 saturated heterocycles. The first-order chi connectivity index (χ1) is 19.1. The number of methoxy groups -OCH3 is 1. The zero-order valence-corrected chi connectivity index (χ0v) is 22.5. The molecule has 6 heterocycles. The minimum atomic E-state index is -0.223. The van der Waals surface area contributed by atoms with Crippen LogP contribution in [0, 0.1) is 0 Å². The van der Waals surface area contributed by atoms with E-state index < -0.39 is 0 Å². The van der Waals surface area contributed by atoms with E-state index in [-0.39, 0.29) is 18.1 Å². The number of hydrogen-bond acceptors (Lipinski definition) is 10. The van der Waals surface area contributed by atoms with Crippen molar-refractivity contribution in [2.24, 2.45) is 0 Å². The quantitative estimate of drug-likeness (QED) is 0.404. The molecule has 0 bridgehead atoms. The van der Waals surface area contributed by atoms with E-state index in [1.165, 1.54) is 0 Å². The van der Waals surface area contributed by atoms with Gasteiger partial charge in [-0.05, 0) is 38.9 Å². The molecule has 2 fully saturated rings. The molecule has 0 saturated carbocycles. The lowest BCUT2D eigenvalue weighted by molar-refractivity contribution is -0.379. The second kappa shape index (κ2) is 11.5. The van der Waals surface area contributed by atoms with Crippen LogP contribution in [-0.2, 0) is 22.6 Å². The Morgan fingerprint density at radius 3 is 2.59 bits per heavy atom. The lowest BCUT2D eigenvalue weighted by Gasteiger charge is -2.42. The van der Waals surface area contributed by atoms with Gasteiger partial charge in [0.2, 0.25) is 0 Å². The summed E-state index contributed by atoms with van der Waals surface area (Å²) in [6, 6.07) is 7.58. The Kier molecular flexibility index (Phi) is 7.64. The fourth-order valence-electron chi connectivity index (χ4n) is 5.58. The van der Waals surface area contributed by atoms with Crippen molar-refractivity contribution >= 4 is 11.0 Å². The van der Waals surface area contributed by atoms with Gasteiger partial charge in [-0.3, -0.25) is 19.7 Å². The Hall–Kier alpha value is -3.25. The van der Waals surface area contributed by atoms with E-state index in [0.717, 1.165) is 55.0 Å². The summed E-state index contributed by atoms with van der Waals surface area (Å²) < 4.78 is 30.1. The lowest BCUT2D eigenvalue weighted by atomic mass is 10.0. The summed E-state index contributed by atoms with van der Waals surface area (Å²) in [7, 11) is 1.61. The molecule has 6 rings (SSSR count). The van der Waals surface area contributed by atoms with Gasteiger partial charge in [0, 0.05) is 43.9 Å². The Morgan fingerprint density at radius 1 is 1.03 bits per heavy atom. The highest BCUT2D eigenvalue weighted by Gasteiger charge is 2.33. The van der Waals surface area contributed by atoms with Crippen molar-refractivity contribution < 1.29 is 23.7 Å². The molecule has 208 valence electrons. The lowest BCUT2D eigenvalue weighted by Crippen LogP contribution is -2.52. The number of hydrogen-bond donors (Lipinski definition) is 0. The number of fused-ring (bicyclic) bond motifs is 2. The van der Waals surface area contributed by atoms with Gasteiger partial charge in [0.1, 0.15) is 19.0 Å². The molecule has 0 amide bonds. The third-order valence-electron chi connectivity index (χ3n) is 7.68. The van der Waals surface area contributed by atoms with E-state index in [0.29, 0.717) is 50.4 Å². The minimum Gasteiger partial charge on any atom is -0.495 e. The fourth-order valence-corrected chi connectivity index (χ4v) is 5.58. The van der Waals surface area contributed by atoms with Gasteiger partial charge in [-0.15, -0.1) is 0 Å². The number of pyridine rings is 3. The van der Waals surface area contributed by atoms with Crippen molar-refractivity contribution in [3.63, 3.8) is 0 Å². The first kappa shape index (κ1) is 26.0. The summed E-state index contributed by atoms with van der Waals surface area (Å²) in [6.45, 7) is 7.66. The molecule has 0 atom stereocenters. The molecule has 0 spiro atoms. The Morgan fingerprint density at radius 2 is 1.82 bits per heavy atom. The van der Waals surface area contributed by atoms with Crippen molar-refractivity contribution in [3.8, 4) is 17.2 Å². The van der Waals surface area contributed by atoms with E-state index in [1.807, 2.05) is 19.1 Å². The van der Waals surface area contributed by atoms with Gasteiger partial charge in [0.15, 0.2) is 24.1 Å². The van der Waals surface area contributed by atoms with Crippen LogP contribution in [0.2, 0.25) is 0 Å². The molecule has 11 heteroatoms. The van der Waals surface area contributed by atoms with E-state index >= 15 is 0 Å². The molecule has 3 aromatic heterocycles. The highest BCUT2D eigenvalue weighted by atomic mass is 16.9. The van der Waals surface area contributed by atoms with E-state index in [1.54, 1.807) is 36.2 Å². The molecule has 0 N–H and O–H groups in total. The predicted molar refractivity (Wildman–Crippen MR) is 143 cm³/mol. The Bertz CT molecular complexity index is 1350. The number of rotatable bonds is 9. The largest absolute Gasteiger partial charge is 0.495 e. The van der Waals surface area contributed by atoms with E-state index in [2.05, 4.69) is 19.8 Å². The first-order valence-electron chi connectivity index (χ1n) is 13.6. The number of likely N-dealkylation sites (tertiary alicyclic amines) is 1. The summed E-state index contributed by atoms with van der Waals surface area (Å²) in [5.74, 6) is 2.09. The van der Waals surface area contributed by atoms with Crippen molar-refractivity contribution in [2.45, 2.75) is 51.5 Å². The Balaban J connectivity index is 1.10. The maximum absolute atomic E-state index is 12.7.